The summed E-state index contributed by atoms with van der Waals surface area (Å²) in [5.74, 6) is -3.03. The van der Waals surface area contributed by atoms with Crippen molar-refractivity contribution < 1.29 is 42.8 Å². The minimum absolute atomic E-state index is 0.0144. The van der Waals surface area contributed by atoms with Gasteiger partial charge in [-0.3, -0.25) is 19.0 Å². The Morgan fingerprint density at radius 3 is 2.47 bits per heavy atom. The number of aromatic nitrogens is 1. The van der Waals surface area contributed by atoms with E-state index >= 15 is 0 Å². The fourth-order valence-corrected chi connectivity index (χ4v) is 4.18. The molecule has 2 aromatic carbocycles. The lowest BCUT2D eigenvalue weighted by Gasteiger charge is -2.30. The Balaban J connectivity index is 1.87. The average molecular weight is 506 g/mol. The number of carbonyl (C=O) groups is 2. The van der Waals surface area contributed by atoms with Crippen LogP contribution < -0.4 is 15.6 Å². The first kappa shape index (κ1) is 25.0. The van der Waals surface area contributed by atoms with Crippen LogP contribution in [-0.2, 0) is 17.4 Å². The lowest BCUT2D eigenvalue weighted by molar-refractivity contribution is -0.138. The number of pyridine rings is 1. The Labute approximate surface area is 201 Å². The number of aliphatic carboxylic acids is 1. The maximum Gasteiger partial charge on any atom is 0.416 e. The number of hydrogen-bond acceptors (Lipinski definition) is 6. The largest absolute Gasteiger partial charge is 0.506 e. The van der Waals surface area contributed by atoms with Crippen molar-refractivity contribution in [3.63, 3.8) is 0 Å². The first-order valence-electron chi connectivity index (χ1n) is 10.8. The van der Waals surface area contributed by atoms with Crippen LogP contribution in [0.1, 0.15) is 46.1 Å². The van der Waals surface area contributed by atoms with Crippen molar-refractivity contribution in [2.24, 2.45) is 0 Å². The number of aromatic hydroxyl groups is 1. The van der Waals surface area contributed by atoms with E-state index in [1.54, 1.807) is 0 Å². The monoisotopic (exact) mass is 506 g/mol. The van der Waals surface area contributed by atoms with E-state index in [-0.39, 0.29) is 29.7 Å². The molecule has 2 atom stereocenters. The van der Waals surface area contributed by atoms with Crippen LogP contribution in [0.25, 0.3) is 10.9 Å². The Bertz CT molecular complexity index is 1410. The van der Waals surface area contributed by atoms with E-state index in [2.05, 4.69) is 5.32 Å². The summed E-state index contributed by atoms with van der Waals surface area (Å²) in [5.41, 5.74) is -1.52. The zero-order valence-electron chi connectivity index (χ0n) is 18.8. The highest BCUT2D eigenvalue weighted by Gasteiger charge is 2.33. The fraction of sp³-hybridized carbons (Fsp3) is 0.292. The van der Waals surface area contributed by atoms with Crippen molar-refractivity contribution in [2.75, 3.05) is 13.2 Å². The number of ether oxygens (including phenoxy) is 1. The predicted octanol–water partition coefficient (Wildman–Crippen LogP) is 2.77. The van der Waals surface area contributed by atoms with E-state index in [0.29, 0.717) is 11.1 Å². The third kappa shape index (κ3) is 4.59. The molecule has 1 aliphatic rings. The maximum absolute atomic E-state index is 13.5. The van der Waals surface area contributed by atoms with Gasteiger partial charge in [-0.1, -0.05) is 12.1 Å². The number of nitrogens with zero attached hydrogens (tertiary/aromatic N) is 1. The highest BCUT2D eigenvalue weighted by atomic mass is 19.4. The topological polar surface area (TPSA) is 138 Å². The van der Waals surface area contributed by atoms with E-state index in [9.17, 15) is 37.8 Å². The number of carboxylic acids is 1. The first-order valence-corrected chi connectivity index (χ1v) is 10.8. The molecule has 190 valence electrons. The molecule has 1 aliphatic heterocycles. The van der Waals surface area contributed by atoms with Crippen molar-refractivity contribution in [1.29, 1.82) is 0 Å². The van der Waals surface area contributed by atoms with Gasteiger partial charge in [0.05, 0.1) is 23.2 Å². The van der Waals surface area contributed by atoms with Crippen molar-refractivity contribution in [2.45, 2.75) is 31.7 Å². The van der Waals surface area contributed by atoms with Gasteiger partial charge in [0.2, 0.25) is 0 Å². The van der Waals surface area contributed by atoms with Crippen molar-refractivity contribution in [3.8, 4) is 11.5 Å². The number of carbonyl (C=O) groups excluding carboxylic acids is 1. The molecular formula is C24H21F3N2O7. The predicted molar refractivity (Wildman–Crippen MR) is 120 cm³/mol. The van der Waals surface area contributed by atoms with Crippen molar-refractivity contribution in [1.82, 2.24) is 9.88 Å². The number of rotatable bonds is 6. The lowest BCUT2D eigenvalue weighted by Crippen LogP contribution is -2.39. The molecule has 0 saturated heterocycles. The van der Waals surface area contributed by atoms with E-state index < -0.39 is 59.2 Å². The minimum atomic E-state index is -4.51. The van der Waals surface area contributed by atoms with E-state index in [0.717, 1.165) is 12.1 Å². The van der Waals surface area contributed by atoms with E-state index in [4.69, 9.17) is 9.84 Å². The van der Waals surface area contributed by atoms with Crippen LogP contribution in [0.5, 0.6) is 11.5 Å². The molecule has 36 heavy (non-hydrogen) atoms. The second-order valence-corrected chi connectivity index (χ2v) is 8.43. The van der Waals surface area contributed by atoms with Gasteiger partial charge < -0.3 is 25.4 Å². The molecule has 0 radical (unpaired) electrons. The Morgan fingerprint density at radius 2 is 1.89 bits per heavy atom. The van der Waals surface area contributed by atoms with Crippen LogP contribution in [-0.4, -0.2) is 44.9 Å². The SMILES string of the molecule is CC(O)c1cc2c3c(c1)c(O)c(C(=O)NCC(=O)O)c(=O)n3C(Cc1ccc(C(F)(F)F)cc1)CO2. The van der Waals surface area contributed by atoms with Crippen molar-refractivity contribution in [3.05, 3.63) is 69.0 Å². The van der Waals surface area contributed by atoms with Crippen LogP contribution in [0.2, 0.25) is 0 Å². The summed E-state index contributed by atoms with van der Waals surface area (Å²) in [6.07, 6.45) is -5.43. The number of benzene rings is 2. The molecule has 2 heterocycles. The molecule has 12 heteroatoms. The summed E-state index contributed by atoms with van der Waals surface area (Å²) < 4.78 is 45.8. The second kappa shape index (κ2) is 9.19. The summed E-state index contributed by atoms with van der Waals surface area (Å²) in [5, 5.41) is 31.8. The highest BCUT2D eigenvalue weighted by Crippen LogP contribution is 2.40. The van der Waals surface area contributed by atoms with Gasteiger partial charge in [0.1, 0.15) is 30.2 Å². The third-order valence-electron chi connectivity index (χ3n) is 5.92. The first-order chi connectivity index (χ1) is 16.9. The maximum atomic E-state index is 13.5. The number of amides is 1. The smallest absolute Gasteiger partial charge is 0.416 e. The lowest BCUT2D eigenvalue weighted by atomic mass is 9.98. The quantitative estimate of drug-likeness (QED) is 0.403. The highest BCUT2D eigenvalue weighted by molar-refractivity contribution is 6.04. The second-order valence-electron chi connectivity index (χ2n) is 8.43. The molecule has 4 rings (SSSR count). The summed E-state index contributed by atoms with van der Waals surface area (Å²) >= 11 is 0. The van der Waals surface area contributed by atoms with Gasteiger partial charge in [-0.2, -0.15) is 13.2 Å². The normalized spacial score (nSPS) is 15.9. The molecule has 3 aromatic rings. The molecule has 1 aromatic heterocycles. The summed E-state index contributed by atoms with van der Waals surface area (Å²) in [4.78, 5) is 37.0. The summed E-state index contributed by atoms with van der Waals surface area (Å²) in [7, 11) is 0. The number of carboxylic acid groups (broad SMARTS) is 1. The molecule has 0 fully saturated rings. The molecule has 2 unspecified atom stereocenters. The van der Waals surface area contributed by atoms with Crippen LogP contribution in [0, 0.1) is 0 Å². The zero-order chi connectivity index (χ0) is 26.4. The van der Waals surface area contributed by atoms with Gasteiger partial charge >= 0.3 is 12.1 Å². The third-order valence-corrected chi connectivity index (χ3v) is 5.92. The standard InChI is InChI=1S/C24H21F3N2O7/c1-11(30)13-7-16-20-17(8-13)36-10-15(6-12-2-4-14(5-3-12)24(25,26)27)29(20)23(35)19(21(16)33)22(34)28-9-18(31)32/h2-5,7-8,11,15,30,33H,6,9-10H2,1H3,(H,28,34)(H,31,32). The van der Waals surface area contributed by atoms with Gasteiger partial charge in [0.15, 0.2) is 0 Å². The molecule has 0 aliphatic carbocycles. The average Bonchev–Trinajstić information content (AvgIpc) is 2.81. The molecule has 0 saturated carbocycles. The molecular weight excluding hydrogens is 485 g/mol. The van der Waals surface area contributed by atoms with Crippen molar-refractivity contribution >= 4 is 22.8 Å². The van der Waals surface area contributed by atoms with Crippen LogP contribution in [0.4, 0.5) is 13.2 Å². The van der Waals surface area contributed by atoms with Gasteiger partial charge in [-0.15, -0.1) is 0 Å². The summed E-state index contributed by atoms with van der Waals surface area (Å²) in [6.45, 7) is 0.581. The number of aliphatic hydroxyl groups excluding tert-OH is 1. The number of halogens is 3. The summed E-state index contributed by atoms with van der Waals surface area (Å²) in [6, 6.07) is 6.49. The van der Waals surface area contributed by atoms with Crippen LogP contribution in [0.3, 0.4) is 0 Å². The number of hydrogen-bond donors (Lipinski definition) is 4. The fourth-order valence-electron chi connectivity index (χ4n) is 4.18. The Hall–Kier alpha value is -4.06. The van der Waals surface area contributed by atoms with Crippen LogP contribution in [0.15, 0.2) is 41.2 Å². The van der Waals surface area contributed by atoms with E-state index in [1.165, 1.54) is 35.8 Å². The Kier molecular flexibility index (Phi) is 6.39. The van der Waals surface area contributed by atoms with Gasteiger partial charge in [-0.05, 0) is 48.7 Å². The molecule has 0 spiro atoms. The molecule has 1 amide bonds. The number of nitrogens with one attached hydrogen (secondary N) is 1. The van der Waals surface area contributed by atoms with Crippen LogP contribution >= 0.6 is 0 Å². The molecule has 0 bridgehead atoms. The number of alkyl halides is 3. The zero-order valence-corrected chi connectivity index (χ0v) is 18.8. The minimum Gasteiger partial charge on any atom is -0.506 e. The number of aliphatic hydroxyl groups is 1. The van der Waals surface area contributed by atoms with E-state index in [1.807, 2.05) is 0 Å². The van der Waals surface area contributed by atoms with Gasteiger partial charge in [0, 0.05) is 5.39 Å². The molecule has 9 nitrogen and oxygen atoms in total. The Morgan fingerprint density at radius 1 is 1.22 bits per heavy atom. The van der Waals surface area contributed by atoms with Gasteiger partial charge in [0.25, 0.3) is 11.5 Å². The van der Waals surface area contributed by atoms with Gasteiger partial charge in [-0.25, -0.2) is 0 Å². The molecule has 4 N–H and O–H groups in total.